The Balaban J connectivity index is 4.63. The number of carboxylic acids is 2. The highest BCUT2D eigenvalue weighted by atomic mass is 16.4. The quantitative estimate of drug-likeness (QED) is 0.504. The first-order valence-electron chi connectivity index (χ1n) is 7.42. The number of carbonyl (C=O) groups is 2. The lowest BCUT2D eigenvalue weighted by Gasteiger charge is -1.90. The first-order valence-corrected chi connectivity index (χ1v) is 7.42. The van der Waals surface area contributed by atoms with Gasteiger partial charge in [-0.2, -0.15) is 0 Å². The van der Waals surface area contributed by atoms with Gasteiger partial charge in [-0.15, -0.1) is 0 Å². The highest BCUT2D eigenvalue weighted by molar-refractivity contribution is 5.86. The van der Waals surface area contributed by atoms with E-state index in [4.69, 9.17) is 10.2 Å². The van der Waals surface area contributed by atoms with Crippen LogP contribution in [0.4, 0.5) is 0 Å². The molecule has 0 amide bonds. The number of aliphatic carboxylic acids is 2. The van der Waals surface area contributed by atoms with Gasteiger partial charge >= 0.3 is 11.9 Å². The lowest BCUT2D eigenvalue weighted by Crippen LogP contribution is -1.94. The molecule has 0 saturated heterocycles. The summed E-state index contributed by atoms with van der Waals surface area (Å²) in [4.78, 5) is 21.2. The van der Waals surface area contributed by atoms with Crippen molar-refractivity contribution in [2.24, 2.45) is 0 Å². The van der Waals surface area contributed by atoms with Crippen LogP contribution < -0.4 is 0 Å². The van der Waals surface area contributed by atoms with Crippen LogP contribution in [0.25, 0.3) is 0 Å². The third kappa shape index (κ3) is 10.8. The summed E-state index contributed by atoms with van der Waals surface area (Å²) in [6.07, 6.45) is 17.7. The normalized spacial score (nSPS) is 15.0. The molecular formula is C20H24O4. The summed E-state index contributed by atoms with van der Waals surface area (Å²) in [5, 5.41) is 17.4. The minimum Gasteiger partial charge on any atom is -0.478 e. The molecular weight excluding hydrogens is 304 g/mol. The van der Waals surface area contributed by atoms with Gasteiger partial charge in [0.15, 0.2) is 0 Å². The van der Waals surface area contributed by atoms with E-state index in [-0.39, 0.29) is 11.1 Å². The van der Waals surface area contributed by atoms with Gasteiger partial charge in [0.1, 0.15) is 0 Å². The second-order valence-corrected chi connectivity index (χ2v) is 5.23. The van der Waals surface area contributed by atoms with Crippen LogP contribution in [-0.4, -0.2) is 22.2 Å². The molecule has 0 rings (SSSR count). The van der Waals surface area contributed by atoms with Crippen LogP contribution in [0, 0.1) is 0 Å². The maximum atomic E-state index is 10.6. The van der Waals surface area contributed by atoms with Gasteiger partial charge in [-0.25, -0.2) is 9.59 Å². The number of carboxylic acid groups (broad SMARTS) is 2. The lowest BCUT2D eigenvalue weighted by atomic mass is 10.2. The van der Waals surface area contributed by atoms with Gasteiger partial charge in [-0.1, -0.05) is 71.9 Å². The lowest BCUT2D eigenvalue weighted by molar-refractivity contribution is -0.133. The molecule has 0 aromatic heterocycles. The number of hydrogen-bond acceptors (Lipinski definition) is 2. The Morgan fingerprint density at radius 3 is 1.21 bits per heavy atom. The molecule has 0 atom stereocenters. The number of hydrogen-bond donors (Lipinski definition) is 2. The van der Waals surface area contributed by atoms with Crippen LogP contribution in [0.3, 0.4) is 0 Å². The molecule has 0 aliphatic rings. The highest BCUT2D eigenvalue weighted by Gasteiger charge is 1.96. The molecule has 0 aliphatic carbocycles. The summed E-state index contributed by atoms with van der Waals surface area (Å²) < 4.78 is 0. The van der Waals surface area contributed by atoms with E-state index in [2.05, 4.69) is 0 Å². The summed E-state index contributed by atoms with van der Waals surface area (Å²) in [7, 11) is 0. The van der Waals surface area contributed by atoms with Crippen LogP contribution >= 0.6 is 0 Å². The van der Waals surface area contributed by atoms with E-state index in [9.17, 15) is 9.59 Å². The average Bonchev–Trinajstić information content (AvgIpc) is 2.51. The van der Waals surface area contributed by atoms with E-state index < -0.39 is 11.9 Å². The minimum atomic E-state index is -0.928. The van der Waals surface area contributed by atoms with Crippen LogP contribution in [0.1, 0.15) is 27.7 Å². The van der Waals surface area contributed by atoms with Gasteiger partial charge in [0.25, 0.3) is 0 Å². The molecule has 24 heavy (non-hydrogen) atoms. The Morgan fingerprint density at radius 1 is 0.583 bits per heavy atom. The van der Waals surface area contributed by atoms with E-state index >= 15 is 0 Å². The minimum absolute atomic E-state index is 0.284. The molecule has 128 valence electrons. The summed E-state index contributed by atoms with van der Waals surface area (Å²) in [6.45, 7) is 6.92. The van der Waals surface area contributed by atoms with Gasteiger partial charge in [-0.3, -0.25) is 0 Å². The molecule has 0 aliphatic heterocycles. The standard InChI is InChI=1S/C20H24O4/c1-15(11-7-13-17(3)19(21)22)9-5-6-10-16(2)12-8-14-18(4)20(23)24/h5-14H,1-4H3,(H,21,22)(H,23,24)/b6-5+,11-7+,12-8+,15-9+,16-10+,17-13-,18-14+. The third-order valence-corrected chi connectivity index (χ3v) is 2.91. The van der Waals surface area contributed by atoms with Gasteiger partial charge in [0, 0.05) is 11.1 Å². The molecule has 0 saturated carbocycles. The molecule has 0 aromatic carbocycles. The van der Waals surface area contributed by atoms with Crippen molar-refractivity contribution in [3.8, 4) is 0 Å². The molecule has 0 fully saturated rings. The maximum absolute atomic E-state index is 10.6. The zero-order valence-corrected chi connectivity index (χ0v) is 14.5. The Kier molecular flexibility index (Phi) is 10.3. The largest absolute Gasteiger partial charge is 0.478 e. The second-order valence-electron chi connectivity index (χ2n) is 5.23. The van der Waals surface area contributed by atoms with Crippen molar-refractivity contribution in [2.45, 2.75) is 27.7 Å². The predicted octanol–water partition coefficient (Wildman–Crippen LogP) is 4.61. The zero-order chi connectivity index (χ0) is 18.5. The van der Waals surface area contributed by atoms with Crippen LogP contribution in [-0.2, 0) is 9.59 Å². The van der Waals surface area contributed by atoms with Crippen molar-refractivity contribution in [1.29, 1.82) is 0 Å². The van der Waals surface area contributed by atoms with Crippen molar-refractivity contribution in [3.05, 3.63) is 83.1 Å². The summed E-state index contributed by atoms with van der Waals surface area (Å²) in [6, 6.07) is 0. The van der Waals surface area contributed by atoms with Crippen molar-refractivity contribution in [3.63, 3.8) is 0 Å². The van der Waals surface area contributed by atoms with Crippen molar-refractivity contribution in [2.75, 3.05) is 0 Å². The molecule has 0 heterocycles. The Labute approximate surface area is 143 Å². The topological polar surface area (TPSA) is 74.6 Å². The van der Waals surface area contributed by atoms with Crippen molar-refractivity contribution in [1.82, 2.24) is 0 Å². The summed E-state index contributed by atoms with van der Waals surface area (Å²) >= 11 is 0. The SMILES string of the molecule is C/C(=C/C=C/C(C)=C/C=C/C=C(C)/C=C/C=C(\C)C(=O)O)C(=O)O. The molecule has 4 heteroatoms. The van der Waals surface area contributed by atoms with E-state index in [0.717, 1.165) is 11.1 Å². The van der Waals surface area contributed by atoms with Crippen LogP contribution in [0.2, 0.25) is 0 Å². The smallest absolute Gasteiger partial charge is 0.331 e. The van der Waals surface area contributed by atoms with E-state index in [1.54, 1.807) is 38.2 Å². The fourth-order valence-corrected chi connectivity index (χ4v) is 1.36. The maximum Gasteiger partial charge on any atom is 0.331 e. The molecule has 4 nitrogen and oxygen atoms in total. The summed E-state index contributed by atoms with van der Waals surface area (Å²) in [5.41, 5.74) is 2.55. The van der Waals surface area contributed by atoms with Gasteiger partial charge in [0.2, 0.25) is 0 Å². The third-order valence-electron chi connectivity index (χ3n) is 2.91. The zero-order valence-electron chi connectivity index (χ0n) is 14.5. The fraction of sp³-hybridized carbons (Fsp3) is 0.200. The highest BCUT2D eigenvalue weighted by Crippen LogP contribution is 2.01. The second kappa shape index (κ2) is 11.7. The first-order chi connectivity index (χ1) is 11.2. The Morgan fingerprint density at radius 2 is 0.917 bits per heavy atom. The molecule has 0 aromatic rings. The molecule has 0 radical (unpaired) electrons. The van der Waals surface area contributed by atoms with Crippen molar-refractivity contribution >= 4 is 11.9 Å². The molecule has 2 N–H and O–H groups in total. The number of allylic oxidation sites excluding steroid dienone is 12. The van der Waals surface area contributed by atoms with E-state index in [0.29, 0.717) is 0 Å². The Bertz CT molecular complexity index is 608. The van der Waals surface area contributed by atoms with Gasteiger partial charge in [0.05, 0.1) is 0 Å². The average molecular weight is 328 g/mol. The van der Waals surface area contributed by atoms with Crippen molar-refractivity contribution < 1.29 is 19.8 Å². The predicted molar refractivity (Wildman–Crippen MR) is 97.7 cm³/mol. The van der Waals surface area contributed by atoms with Crippen LogP contribution in [0.5, 0.6) is 0 Å². The first kappa shape index (κ1) is 21.1. The van der Waals surface area contributed by atoms with Gasteiger partial charge < -0.3 is 10.2 Å². The monoisotopic (exact) mass is 328 g/mol. The fourth-order valence-electron chi connectivity index (χ4n) is 1.36. The number of rotatable bonds is 8. The summed E-state index contributed by atoms with van der Waals surface area (Å²) in [5.74, 6) is -1.86. The van der Waals surface area contributed by atoms with E-state index in [1.165, 1.54) is 0 Å². The molecule has 0 bridgehead atoms. The van der Waals surface area contributed by atoms with Gasteiger partial charge in [-0.05, 0) is 27.7 Å². The Hall–Kier alpha value is -2.88. The van der Waals surface area contributed by atoms with Crippen LogP contribution in [0.15, 0.2) is 83.1 Å². The molecule has 0 spiro atoms. The van der Waals surface area contributed by atoms with E-state index in [1.807, 2.05) is 50.3 Å². The molecule has 0 unspecified atom stereocenters.